The third kappa shape index (κ3) is 1.09. The van der Waals surface area contributed by atoms with E-state index in [1.807, 2.05) is 0 Å². The van der Waals surface area contributed by atoms with Crippen LogP contribution in [-0.2, 0) is 0 Å². The summed E-state index contributed by atoms with van der Waals surface area (Å²) in [7, 11) is 0. The highest BCUT2D eigenvalue weighted by molar-refractivity contribution is 7.18. The summed E-state index contributed by atoms with van der Waals surface area (Å²) < 4.78 is 1.70. The molecule has 4 nitrogen and oxygen atoms in total. The number of carboxylic acid groups (broad SMARTS) is 1. The number of terminal acetylenes is 1. The van der Waals surface area contributed by atoms with Gasteiger partial charge in [-0.15, -0.1) is 6.42 Å². The van der Waals surface area contributed by atoms with Crippen LogP contribution in [0, 0.1) is 19.3 Å². The first-order valence-electron chi connectivity index (χ1n) is 3.82. The molecule has 5 heteroatoms. The summed E-state index contributed by atoms with van der Waals surface area (Å²) in [6.45, 7) is 1.73. The number of rotatable bonds is 1. The molecular weight excluding hydrogens is 200 g/mol. The van der Waals surface area contributed by atoms with Crippen LogP contribution < -0.4 is 0 Å². The Balaban J connectivity index is 2.74. The van der Waals surface area contributed by atoms with E-state index in [0.29, 0.717) is 21.2 Å². The first kappa shape index (κ1) is 8.78. The van der Waals surface area contributed by atoms with Gasteiger partial charge in [0, 0.05) is 11.9 Å². The van der Waals surface area contributed by atoms with E-state index in [-0.39, 0.29) is 0 Å². The number of carboxylic acids is 1. The lowest BCUT2D eigenvalue weighted by molar-refractivity contribution is 0.0701. The molecule has 0 aromatic carbocycles. The Morgan fingerprint density at radius 1 is 1.79 bits per heavy atom. The fraction of sp³-hybridized carbons (Fsp3) is 0.111. The summed E-state index contributed by atoms with van der Waals surface area (Å²) in [6, 6.07) is 0. The number of thiazole rings is 1. The van der Waals surface area contributed by atoms with Crippen LogP contribution in [-0.4, -0.2) is 20.5 Å². The third-order valence-corrected chi connectivity index (χ3v) is 3.04. The van der Waals surface area contributed by atoms with Gasteiger partial charge in [0.1, 0.15) is 10.6 Å². The zero-order valence-electron chi connectivity index (χ0n) is 7.31. The molecule has 0 amide bonds. The average Bonchev–Trinajstić information content (AvgIpc) is 2.65. The molecule has 0 atom stereocenters. The van der Waals surface area contributed by atoms with Crippen molar-refractivity contribution in [1.82, 2.24) is 9.38 Å². The second kappa shape index (κ2) is 2.86. The molecular formula is C9H6N2O2S. The topological polar surface area (TPSA) is 54.6 Å². The lowest BCUT2D eigenvalue weighted by Crippen LogP contribution is -1.96. The number of aromatic nitrogens is 2. The molecule has 70 valence electrons. The molecule has 0 fully saturated rings. The van der Waals surface area contributed by atoms with Crippen molar-refractivity contribution in [2.45, 2.75) is 6.92 Å². The molecule has 0 radical (unpaired) electrons. The molecule has 2 heterocycles. The van der Waals surface area contributed by atoms with Gasteiger partial charge in [-0.1, -0.05) is 11.3 Å². The monoisotopic (exact) mass is 206 g/mol. The first-order chi connectivity index (χ1) is 6.63. The maximum atomic E-state index is 10.8. The fourth-order valence-electron chi connectivity index (χ4n) is 1.22. The van der Waals surface area contributed by atoms with Crippen molar-refractivity contribution in [3.8, 4) is 12.3 Å². The summed E-state index contributed by atoms with van der Waals surface area (Å²) in [4.78, 5) is 15.8. The molecule has 2 rings (SSSR count). The SMILES string of the molecule is C#Cc1cn2c(C)c(C(=O)O)sc2n1. The second-order valence-corrected chi connectivity index (χ2v) is 3.72. The Morgan fingerprint density at radius 2 is 2.50 bits per heavy atom. The van der Waals surface area contributed by atoms with Crippen molar-refractivity contribution < 1.29 is 9.90 Å². The van der Waals surface area contributed by atoms with Gasteiger partial charge < -0.3 is 5.11 Å². The van der Waals surface area contributed by atoms with Gasteiger partial charge in [-0.25, -0.2) is 9.78 Å². The second-order valence-electron chi connectivity index (χ2n) is 2.74. The lowest BCUT2D eigenvalue weighted by Gasteiger charge is -1.90. The summed E-state index contributed by atoms with van der Waals surface area (Å²) in [5.41, 5.74) is 1.18. The van der Waals surface area contributed by atoms with Crippen molar-refractivity contribution in [3.63, 3.8) is 0 Å². The summed E-state index contributed by atoms with van der Waals surface area (Å²) >= 11 is 1.12. The zero-order chi connectivity index (χ0) is 10.3. The number of nitrogens with zero attached hydrogens (tertiary/aromatic N) is 2. The Kier molecular flexibility index (Phi) is 1.79. The normalized spacial score (nSPS) is 10.3. The van der Waals surface area contributed by atoms with E-state index in [4.69, 9.17) is 11.5 Å². The van der Waals surface area contributed by atoms with Crippen LogP contribution in [0.3, 0.4) is 0 Å². The molecule has 0 saturated heterocycles. The van der Waals surface area contributed by atoms with Crippen molar-refractivity contribution in [2.75, 3.05) is 0 Å². The molecule has 2 aromatic heterocycles. The lowest BCUT2D eigenvalue weighted by atomic mass is 10.4. The molecule has 0 unspecified atom stereocenters. The van der Waals surface area contributed by atoms with E-state index in [0.717, 1.165) is 11.3 Å². The van der Waals surface area contributed by atoms with Gasteiger partial charge in [0.25, 0.3) is 0 Å². The maximum Gasteiger partial charge on any atom is 0.347 e. The molecule has 0 bridgehead atoms. The van der Waals surface area contributed by atoms with E-state index >= 15 is 0 Å². The number of aromatic carboxylic acids is 1. The van der Waals surface area contributed by atoms with E-state index < -0.39 is 5.97 Å². The van der Waals surface area contributed by atoms with Crippen LogP contribution in [0.5, 0.6) is 0 Å². The molecule has 0 aliphatic rings. The maximum absolute atomic E-state index is 10.8. The first-order valence-corrected chi connectivity index (χ1v) is 4.63. The Morgan fingerprint density at radius 3 is 3.00 bits per heavy atom. The standard InChI is InChI=1S/C9H6N2O2S/c1-3-6-4-11-5(2)7(8(12)13)14-9(11)10-6/h1,4H,2H3,(H,12,13). The minimum absolute atomic E-state index is 0.302. The largest absolute Gasteiger partial charge is 0.477 e. The van der Waals surface area contributed by atoms with Gasteiger partial charge in [-0.2, -0.15) is 0 Å². The van der Waals surface area contributed by atoms with Crippen molar-refractivity contribution >= 4 is 22.3 Å². The zero-order valence-corrected chi connectivity index (χ0v) is 8.13. The van der Waals surface area contributed by atoms with Crippen molar-refractivity contribution in [2.24, 2.45) is 0 Å². The quantitative estimate of drug-likeness (QED) is 0.717. The predicted octanol–water partition coefficient (Wildman–Crippen LogP) is 1.38. The smallest absolute Gasteiger partial charge is 0.347 e. The highest BCUT2D eigenvalue weighted by Crippen LogP contribution is 2.22. The van der Waals surface area contributed by atoms with Crippen LogP contribution in [0.25, 0.3) is 4.96 Å². The molecule has 0 aliphatic heterocycles. The van der Waals surface area contributed by atoms with Crippen molar-refractivity contribution in [3.05, 3.63) is 22.5 Å². The number of aryl methyl sites for hydroxylation is 1. The number of imidazole rings is 1. The fourth-order valence-corrected chi connectivity index (χ4v) is 2.17. The minimum Gasteiger partial charge on any atom is -0.477 e. The van der Waals surface area contributed by atoms with E-state index in [1.165, 1.54) is 0 Å². The highest BCUT2D eigenvalue weighted by atomic mass is 32.1. The Labute approximate surface area is 83.8 Å². The van der Waals surface area contributed by atoms with Gasteiger partial charge in [-0.3, -0.25) is 4.40 Å². The van der Waals surface area contributed by atoms with Crippen molar-refractivity contribution in [1.29, 1.82) is 0 Å². The minimum atomic E-state index is -0.930. The van der Waals surface area contributed by atoms with Crippen LogP contribution in [0.4, 0.5) is 0 Å². The number of hydrogen-bond acceptors (Lipinski definition) is 3. The van der Waals surface area contributed by atoms with Gasteiger partial charge in [0.15, 0.2) is 4.96 Å². The number of fused-ring (bicyclic) bond motifs is 1. The van der Waals surface area contributed by atoms with Crippen LogP contribution in [0.1, 0.15) is 21.1 Å². The summed E-state index contributed by atoms with van der Waals surface area (Å²) in [6.07, 6.45) is 6.84. The molecule has 1 N–H and O–H groups in total. The van der Waals surface area contributed by atoms with Crippen LogP contribution in [0.2, 0.25) is 0 Å². The van der Waals surface area contributed by atoms with E-state index in [2.05, 4.69) is 10.9 Å². The summed E-state index contributed by atoms with van der Waals surface area (Å²) in [5.74, 6) is 1.48. The summed E-state index contributed by atoms with van der Waals surface area (Å²) in [5, 5.41) is 8.84. The molecule has 0 spiro atoms. The molecule has 0 saturated carbocycles. The van der Waals surface area contributed by atoms with Crippen LogP contribution >= 0.6 is 11.3 Å². The number of hydrogen-bond donors (Lipinski definition) is 1. The highest BCUT2D eigenvalue weighted by Gasteiger charge is 2.15. The average molecular weight is 206 g/mol. The Hall–Kier alpha value is -1.80. The van der Waals surface area contributed by atoms with E-state index in [9.17, 15) is 4.79 Å². The van der Waals surface area contributed by atoms with Gasteiger partial charge >= 0.3 is 5.97 Å². The third-order valence-electron chi connectivity index (χ3n) is 1.90. The predicted molar refractivity (Wildman–Crippen MR) is 52.7 cm³/mol. The van der Waals surface area contributed by atoms with E-state index in [1.54, 1.807) is 17.5 Å². The van der Waals surface area contributed by atoms with Gasteiger partial charge in [0.05, 0.1) is 0 Å². The Bertz CT molecular complexity index is 559. The molecule has 0 aliphatic carbocycles. The molecule has 14 heavy (non-hydrogen) atoms. The van der Waals surface area contributed by atoms with Gasteiger partial charge in [-0.05, 0) is 12.8 Å². The van der Waals surface area contributed by atoms with Crippen LogP contribution in [0.15, 0.2) is 6.20 Å². The molecule has 2 aromatic rings. The van der Waals surface area contributed by atoms with Gasteiger partial charge in [0.2, 0.25) is 0 Å². The number of carbonyl (C=O) groups is 1.